The maximum atomic E-state index is 12.1. The summed E-state index contributed by atoms with van der Waals surface area (Å²) in [4.78, 5) is 23.4. The van der Waals surface area contributed by atoms with Crippen molar-refractivity contribution in [3.05, 3.63) is 22.7 Å². The maximum absolute atomic E-state index is 12.1. The van der Waals surface area contributed by atoms with Crippen molar-refractivity contribution in [2.24, 2.45) is 11.1 Å². The minimum atomic E-state index is -0.647. The summed E-state index contributed by atoms with van der Waals surface area (Å²) in [5.74, 6) is -0.373. The van der Waals surface area contributed by atoms with E-state index in [4.69, 9.17) is 17.3 Å². The molecule has 6 heteroatoms. The lowest BCUT2D eigenvalue weighted by Crippen LogP contribution is -2.45. The average Bonchev–Trinajstić information content (AvgIpc) is 2.66. The molecule has 108 valence electrons. The van der Waals surface area contributed by atoms with Crippen LogP contribution in [0, 0.1) is 5.41 Å². The fraction of sp³-hybridized carbons (Fsp3) is 0.429. The molecule has 0 radical (unpaired) electrons. The van der Waals surface area contributed by atoms with Crippen molar-refractivity contribution in [2.45, 2.75) is 33.2 Å². The van der Waals surface area contributed by atoms with Gasteiger partial charge in [-0.15, -0.1) is 0 Å². The van der Waals surface area contributed by atoms with Crippen LogP contribution in [-0.2, 0) is 16.0 Å². The van der Waals surface area contributed by atoms with Crippen molar-refractivity contribution in [1.82, 2.24) is 0 Å². The number of fused-ring (bicyclic) bond motifs is 1. The van der Waals surface area contributed by atoms with Gasteiger partial charge in [-0.05, 0) is 23.1 Å². The van der Waals surface area contributed by atoms with Gasteiger partial charge in [0.25, 0.3) is 0 Å². The zero-order chi connectivity index (χ0) is 15.1. The molecule has 1 aliphatic rings. The van der Waals surface area contributed by atoms with Crippen LogP contribution in [0.1, 0.15) is 26.3 Å². The Bertz CT molecular complexity index is 579. The molecule has 1 heterocycles. The fourth-order valence-electron chi connectivity index (χ4n) is 1.95. The van der Waals surface area contributed by atoms with E-state index in [2.05, 4.69) is 10.6 Å². The molecule has 1 aliphatic heterocycles. The summed E-state index contributed by atoms with van der Waals surface area (Å²) in [7, 11) is 0. The highest BCUT2D eigenvalue weighted by Gasteiger charge is 2.28. The van der Waals surface area contributed by atoms with Gasteiger partial charge in [0, 0.05) is 5.69 Å². The number of rotatable bonds is 2. The van der Waals surface area contributed by atoms with E-state index in [-0.39, 0.29) is 17.2 Å². The number of halogens is 1. The second-order valence-electron chi connectivity index (χ2n) is 6.05. The van der Waals surface area contributed by atoms with Gasteiger partial charge < -0.3 is 16.4 Å². The van der Waals surface area contributed by atoms with E-state index in [9.17, 15) is 9.59 Å². The highest BCUT2D eigenvalue weighted by molar-refractivity contribution is 6.34. The van der Waals surface area contributed by atoms with Gasteiger partial charge in [-0.25, -0.2) is 0 Å². The van der Waals surface area contributed by atoms with Crippen LogP contribution in [0.4, 0.5) is 11.4 Å². The molecule has 1 aromatic rings. The highest BCUT2D eigenvalue weighted by atomic mass is 35.5. The third-order valence-corrected chi connectivity index (χ3v) is 3.60. The smallest absolute Gasteiger partial charge is 0.241 e. The van der Waals surface area contributed by atoms with Gasteiger partial charge in [-0.3, -0.25) is 9.59 Å². The molecule has 5 nitrogen and oxygen atoms in total. The zero-order valence-electron chi connectivity index (χ0n) is 11.7. The van der Waals surface area contributed by atoms with Crippen LogP contribution >= 0.6 is 11.6 Å². The van der Waals surface area contributed by atoms with E-state index < -0.39 is 6.04 Å². The van der Waals surface area contributed by atoms with Gasteiger partial charge in [-0.1, -0.05) is 32.4 Å². The molecule has 0 bridgehead atoms. The van der Waals surface area contributed by atoms with Gasteiger partial charge in [-0.2, -0.15) is 0 Å². The number of hydrogen-bond acceptors (Lipinski definition) is 3. The molecule has 1 aromatic carbocycles. The summed E-state index contributed by atoms with van der Waals surface area (Å²) < 4.78 is 0. The molecule has 0 saturated heterocycles. The predicted molar refractivity (Wildman–Crippen MR) is 79.8 cm³/mol. The first-order chi connectivity index (χ1) is 9.18. The van der Waals surface area contributed by atoms with Gasteiger partial charge in [0.2, 0.25) is 11.8 Å². The first kappa shape index (κ1) is 14.8. The molecule has 0 aromatic heterocycles. The Kier molecular flexibility index (Phi) is 3.75. The fourth-order valence-corrected chi connectivity index (χ4v) is 2.16. The quantitative estimate of drug-likeness (QED) is 0.781. The third kappa shape index (κ3) is 2.94. The Morgan fingerprint density at radius 3 is 2.70 bits per heavy atom. The van der Waals surface area contributed by atoms with Crippen molar-refractivity contribution < 1.29 is 9.59 Å². The van der Waals surface area contributed by atoms with Gasteiger partial charge >= 0.3 is 0 Å². The Morgan fingerprint density at radius 2 is 2.10 bits per heavy atom. The molecule has 0 fully saturated rings. The van der Waals surface area contributed by atoms with Crippen molar-refractivity contribution in [2.75, 3.05) is 10.6 Å². The molecule has 0 spiro atoms. The average molecular weight is 296 g/mol. The lowest BCUT2D eigenvalue weighted by Gasteiger charge is -2.26. The molecule has 0 unspecified atom stereocenters. The number of nitrogens with one attached hydrogen (secondary N) is 2. The van der Waals surface area contributed by atoms with E-state index in [1.165, 1.54) is 0 Å². The molecule has 2 amide bonds. The molecule has 2 rings (SSSR count). The molecular weight excluding hydrogens is 278 g/mol. The molecule has 4 N–H and O–H groups in total. The van der Waals surface area contributed by atoms with Crippen LogP contribution in [0.2, 0.25) is 5.02 Å². The summed E-state index contributed by atoms with van der Waals surface area (Å²) in [6.45, 7) is 5.68. The minimum absolute atomic E-state index is 0.0778. The Balaban J connectivity index is 2.21. The second-order valence-corrected chi connectivity index (χ2v) is 6.45. The second kappa shape index (κ2) is 5.07. The molecule has 20 heavy (non-hydrogen) atoms. The number of nitrogens with two attached hydrogens (primary N) is 1. The standard InChI is InChI=1S/C14H18ClN3O2/c1-14(2,3)12(16)13(20)18-10-4-7-5-11(19)17-9(7)6-8(10)15/h4,6,12H,5,16H2,1-3H3,(H,17,19)(H,18,20)/t12-/m0/s1. The van der Waals surface area contributed by atoms with Crippen molar-refractivity contribution in [1.29, 1.82) is 0 Å². The van der Waals surface area contributed by atoms with E-state index in [1.54, 1.807) is 12.1 Å². The van der Waals surface area contributed by atoms with Crippen LogP contribution in [0.25, 0.3) is 0 Å². The first-order valence-corrected chi connectivity index (χ1v) is 6.75. The number of benzene rings is 1. The molecule has 0 aliphatic carbocycles. The summed E-state index contributed by atoms with van der Waals surface area (Å²) in [6.07, 6.45) is 0.292. The SMILES string of the molecule is CC(C)(C)[C@@H](N)C(=O)Nc1cc2c(cc1Cl)NC(=O)C2. The summed E-state index contributed by atoms with van der Waals surface area (Å²) in [6, 6.07) is 2.70. The highest BCUT2D eigenvalue weighted by Crippen LogP contribution is 2.33. The molecule has 1 atom stereocenters. The topological polar surface area (TPSA) is 84.2 Å². The number of carbonyl (C=O) groups excluding carboxylic acids is 2. The third-order valence-electron chi connectivity index (χ3n) is 3.29. The Hall–Kier alpha value is -1.59. The zero-order valence-corrected chi connectivity index (χ0v) is 12.5. The monoisotopic (exact) mass is 295 g/mol. The minimum Gasteiger partial charge on any atom is -0.325 e. The van der Waals surface area contributed by atoms with Crippen molar-refractivity contribution in [3.8, 4) is 0 Å². The number of carbonyl (C=O) groups is 2. The van der Waals surface area contributed by atoms with E-state index in [1.807, 2.05) is 20.8 Å². The molecule has 0 saturated carbocycles. The number of anilines is 2. The normalized spacial score (nSPS) is 15.6. The van der Waals surface area contributed by atoms with E-state index >= 15 is 0 Å². The lowest BCUT2D eigenvalue weighted by atomic mass is 9.87. The van der Waals surface area contributed by atoms with Crippen LogP contribution < -0.4 is 16.4 Å². The van der Waals surface area contributed by atoms with Gasteiger partial charge in [0.05, 0.1) is 23.2 Å². The van der Waals surface area contributed by atoms with Crippen molar-refractivity contribution >= 4 is 34.8 Å². The predicted octanol–water partition coefficient (Wildman–Crippen LogP) is 2.15. The van der Waals surface area contributed by atoms with Crippen molar-refractivity contribution in [3.63, 3.8) is 0 Å². The molecular formula is C14H18ClN3O2. The van der Waals surface area contributed by atoms with Gasteiger partial charge in [0.1, 0.15) is 0 Å². The van der Waals surface area contributed by atoms with Crippen LogP contribution in [-0.4, -0.2) is 17.9 Å². The Labute approximate surface area is 122 Å². The van der Waals surface area contributed by atoms with Crippen LogP contribution in [0.5, 0.6) is 0 Å². The summed E-state index contributed by atoms with van der Waals surface area (Å²) in [5, 5.41) is 5.81. The van der Waals surface area contributed by atoms with E-state index in [0.29, 0.717) is 22.8 Å². The number of hydrogen-bond donors (Lipinski definition) is 3. The Morgan fingerprint density at radius 1 is 1.45 bits per heavy atom. The first-order valence-electron chi connectivity index (χ1n) is 6.37. The van der Waals surface area contributed by atoms with E-state index in [0.717, 1.165) is 5.56 Å². The van der Waals surface area contributed by atoms with Crippen LogP contribution in [0.3, 0.4) is 0 Å². The van der Waals surface area contributed by atoms with Gasteiger partial charge in [0.15, 0.2) is 0 Å². The maximum Gasteiger partial charge on any atom is 0.241 e. The summed E-state index contributed by atoms with van der Waals surface area (Å²) >= 11 is 6.11. The van der Waals surface area contributed by atoms with Crippen LogP contribution in [0.15, 0.2) is 12.1 Å². The lowest BCUT2D eigenvalue weighted by molar-refractivity contribution is -0.119. The number of amides is 2. The summed E-state index contributed by atoms with van der Waals surface area (Å²) in [5.41, 5.74) is 7.55. The largest absolute Gasteiger partial charge is 0.325 e.